The van der Waals surface area contributed by atoms with E-state index in [1.165, 1.54) is 51.1 Å². The van der Waals surface area contributed by atoms with E-state index in [1.54, 1.807) is 11.5 Å². The second-order valence-corrected chi connectivity index (χ2v) is 12.8. The lowest BCUT2D eigenvalue weighted by Gasteiger charge is -2.49. The molecule has 2 aliphatic rings. The lowest BCUT2D eigenvalue weighted by molar-refractivity contribution is -0.150. The summed E-state index contributed by atoms with van der Waals surface area (Å²) in [6.45, 7) is 0.350. The van der Waals surface area contributed by atoms with Gasteiger partial charge >= 0.3 is 5.97 Å². The van der Waals surface area contributed by atoms with Crippen LogP contribution in [0, 0.1) is 0 Å². The topological polar surface area (TPSA) is 130 Å². The third kappa shape index (κ3) is 5.19. The third-order valence-electron chi connectivity index (χ3n) is 6.12. The van der Waals surface area contributed by atoms with Gasteiger partial charge in [0.25, 0.3) is 5.91 Å². The van der Waals surface area contributed by atoms with Crippen molar-refractivity contribution in [1.29, 1.82) is 0 Å². The van der Waals surface area contributed by atoms with Gasteiger partial charge < -0.3 is 16.2 Å². The normalized spacial score (nSPS) is 19.1. The summed E-state index contributed by atoms with van der Waals surface area (Å²) in [6.07, 6.45) is 2.29. The Kier molecular flexibility index (Phi) is 8.05. The number of carbonyl (C=O) groups is 3. The number of fused-ring (bicyclic) bond motifs is 2. The van der Waals surface area contributed by atoms with Gasteiger partial charge in [-0.15, -0.1) is 34.4 Å². The molecular weight excluding hydrogens is 563 g/mol. The van der Waals surface area contributed by atoms with E-state index in [9.17, 15) is 24.3 Å². The van der Waals surface area contributed by atoms with Crippen LogP contribution in [0.25, 0.3) is 9.40 Å². The summed E-state index contributed by atoms with van der Waals surface area (Å²) in [5.74, 6) is -1.55. The predicted octanol–water partition coefficient (Wildman–Crippen LogP) is 3.41. The molecule has 0 bridgehead atoms. The summed E-state index contributed by atoms with van der Waals surface area (Å²) >= 11 is 5.68. The Morgan fingerprint density at radius 1 is 1.21 bits per heavy atom. The summed E-state index contributed by atoms with van der Waals surface area (Å²) in [4.78, 5) is 51.7. The summed E-state index contributed by atoms with van der Waals surface area (Å²) < 4.78 is 2.45. The van der Waals surface area contributed by atoms with E-state index in [2.05, 4.69) is 5.32 Å². The Morgan fingerprint density at radius 3 is 2.74 bits per heavy atom. The van der Waals surface area contributed by atoms with Crippen molar-refractivity contribution < 1.29 is 19.5 Å². The van der Waals surface area contributed by atoms with Gasteiger partial charge in [-0.2, -0.15) is 0 Å². The van der Waals surface area contributed by atoms with Crippen LogP contribution in [0.2, 0.25) is 0 Å². The van der Waals surface area contributed by atoms with Gasteiger partial charge in [0, 0.05) is 11.3 Å². The number of nitrogens with zero attached hydrogens (tertiary/aromatic N) is 1. The number of thioether (sulfide) groups is 2. The zero-order valence-corrected chi connectivity index (χ0v) is 23.2. The minimum atomic E-state index is -1.20. The second kappa shape index (κ2) is 11.5. The number of thiophene rings is 1. The monoisotopic (exact) mass is 585 g/mol. The highest BCUT2D eigenvalue weighted by Gasteiger charge is 2.53. The van der Waals surface area contributed by atoms with Crippen molar-refractivity contribution in [2.75, 3.05) is 12.3 Å². The maximum atomic E-state index is 12.9. The first kappa shape index (κ1) is 26.7. The summed E-state index contributed by atoms with van der Waals surface area (Å²) in [7, 11) is 0. The quantitative estimate of drug-likeness (QED) is 0.257. The van der Waals surface area contributed by atoms with Gasteiger partial charge in [0.05, 0.1) is 20.0 Å². The number of benzene rings is 1. The molecule has 0 aliphatic carbocycles. The lowest BCUT2D eigenvalue weighted by atomic mass is 10.0. The van der Waals surface area contributed by atoms with E-state index < -0.39 is 23.3 Å². The number of nitrogens with one attached hydrogen (secondary N) is 1. The van der Waals surface area contributed by atoms with Gasteiger partial charge in [0.2, 0.25) is 11.3 Å². The molecule has 2 aromatic heterocycles. The number of amides is 2. The van der Waals surface area contributed by atoms with Gasteiger partial charge in [-0.25, -0.2) is 4.79 Å². The van der Waals surface area contributed by atoms with E-state index in [-0.39, 0.29) is 23.5 Å². The van der Waals surface area contributed by atoms with Crippen molar-refractivity contribution in [3.05, 3.63) is 85.9 Å². The summed E-state index contributed by atoms with van der Waals surface area (Å²) in [6, 6.07) is 10.4. The van der Waals surface area contributed by atoms with Crippen LogP contribution in [0.4, 0.5) is 0 Å². The SMILES string of the molecule is NCCc1c(SC=CC2=C(C(=O)O)N3C(=O)C(NC(=O)Cc4ccccc4)[C@@H]3SC2)sc2ccsc2c1=O. The molecule has 0 saturated carbocycles. The Hall–Kier alpha value is -2.90. The first-order valence-corrected chi connectivity index (χ1v) is 15.3. The van der Waals surface area contributed by atoms with Crippen molar-refractivity contribution in [1.82, 2.24) is 10.2 Å². The van der Waals surface area contributed by atoms with Gasteiger partial charge in [0.15, 0.2) is 0 Å². The molecular formula is C26H23N3O5S4. The third-order valence-corrected chi connectivity index (χ3v) is 10.7. The van der Waals surface area contributed by atoms with Crippen LogP contribution in [0.15, 0.2) is 73.5 Å². The standard InChI is InChI=1S/C26H23N3O5S4/c27-9-6-16-21(31)22-17(8-11-35-22)38-26(16)36-10-7-15-13-37-24-19(23(32)29(24)20(15)25(33)34)28-18(30)12-14-4-2-1-3-5-14/h1-5,7-8,10-11,19,24H,6,9,12-13,27H2,(H,28,30)(H,33,34)/t19?,24-/m0/s1. The van der Waals surface area contributed by atoms with Crippen LogP contribution < -0.4 is 16.5 Å². The molecule has 1 aromatic carbocycles. The van der Waals surface area contributed by atoms with Crippen LogP contribution in [0.3, 0.4) is 0 Å². The van der Waals surface area contributed by atoms with E-state index in [0.717, 1.165) is 19.2 Å². The minimum Gasteiger partial charge on any atom is -0.477 e. The molecule has 2 amide bonds. The highest BCUT2D eigenvalue weighted by molar-refractivity contribution is 8.04. The molecule has 5 rings (SSSR count). The van der Waals surface area contributed by atoms with Crippen LogP contribution in [0.1, 0.15) is 11.1 Å². The molecule has 4 N–H and O–H groups in total. The van der Waals surface area contributed by atoms with Crippen LogP contribution in [-0.2, 0) is 27.2 Å². The van der Waals surface area contributed by atoms with Crippen LogP contribution >= 0.6 is 46.2 Å². The molecule has 1 unspecified atom stereocenters. The van der Waals surface area contributed by atoms with E-state index >= 15 is 0 Å². The molecule has 12 heteroatoms. The molecule has 8 nitrogen and oxygen atoms in total. The molecule has 1 fully saturated rings. The Morgan fingerprint density at radius 2 is 2.00 bits per heavy atom. The molecule has 0 radical (unpaired) electrons. The Labute approximate surface area is 234 Å². The van der Waals surface area contributed by atoms with E-state index in [0.29, 0.717) is 29.9 Å². The zero-order chi connectivity index (χ0) is 26.8. The first-order chi connectivity index (χ1) is 18.4. The first-order valence-electron chi connectivity index (χ1n) is 11.7. The number of aliphatic carboxylic acids is 1. The number of rotatable bonds is 9. The predicted molar refractivity (Wildman–Crippen MR) is 154 cm³/mol. The molecule has 3 aromatic rings. The van der Waals surface area contributed by atoms with Gasteiger partial charge in [-0.3, -0.25) is 19.3 Å². The number of carbonyl (C=O) groups excluding carboxylic acids is 2. The maximum absolute atomic E-state index is 12.9. The smallest absolute Gasteiger partial charge is 0.352 e. The fraction of sp³-hybridized carbons (Fsp3) is 0.231. The van der Waals surface area contributed by atoms with Crippen molar-refractivity contribution in [3.63, 3.8) is 0 Å². The number of allylic oxidation sites excluding steroid dienone is 1. The molecule has 196 valence electrons. The molecule has 4 heterocycles. The molecule has 1 saturated heterocycles. The minimum absolute atomic E-state index is 0.0110. The van der Waals surface area contributed by atoms with Gasteiger partial charge in [-0.05, 0) is 47.0 Å². The lowest BCUT2D eigenvalue weighted by Crippen LogP contribution is -2.70. The molecule has 2 atom stereocenters. The van der Waals surface area contributed by atoms with Crippen LogP contribution in [-0.4, -0.2) is 51.5 Å². The zero-order valence-electron chi connectivity index (χ0n) is 19.9. The average Bonchev–Trinajstić information content (AvgIpc) is 3.38. The highest BCUT2D eigenvalue weighted by atomic mass is 32.2. The largest absolute Gasteiger partial charge is 0.477 e. The number of carboxylic acid groups (broad SMARTS) is 1. The maximum Gasteiger partial charge on any atom is 0.352 e. The number of β-lactam (4-membered cyclic amide) rings is 1. The second-order valence-electron chi connectivity index (χ2n) is 8.57. The van der Waals surface area contributed by atoms with Crippen LogP contribution in [0.5, 0.6) is 0 Å². The molecule has 2 aliphatic heterocycles. The van der Waals surface area contributed by atoms with E-state index in [4.69, 9.17) is 5.73 Å². The average molecular weight is 586 g/mol. The van der Waals surface area contributed by atoms with E-state index in [1.807, 2.05) is 41.8 Å². The molecule has 38 heavy (non-hydrogen) atoms. The number of carboxylic acids is 1. The van der Waals surface area contributed by atoms with Crippen molar-refractivity contribution in [2.45, 2.75) is 28.5 Å². The molecule has 0 spiro atoms. The fourth-order valence-corrected chi connectivity index (χ4v) is 8.93. The number of nitrogens with two attached hydrogens (primary N) is 1. The van der Waals surface area contributed by atoms with Crippen molar-refractivity contribution in [3.8, 4) is 0 Å². The van der Waals surface area contributed by atoms with Gasteiger partial charge in [0.1, 0.15) is 17.1 Å². The Balaban J connectivity index is 1.32. The van der Waals surface area contributed by atoms with Crippen molar-refractivity contribution in [2.24, 2.45) is 5.73 Å². The summed E-state index contributed by atoms with van der Waals surface area (Å²) in [5, 5.41) is 15.9. The highest BCUT2D eigenvalue weighted by Crippen LogP contribution is 2.41. The Bertz CT molecular complexity index is 1530. The number of hydrogen-bond donors (Lipinski definition) is 3. The summed E-state index contributed by atoms with van der Waals surface area (Å²) in [5.41, 5.74) is 7.65. The fourth-order valence-electron chi connectivity index (χ4n) is 4.34. The van der Waals surface area contributed by atoms with Crippen molar-refractivity contribution >= 4 is 73.4 Å². The van der Waals surface area contributed by atoms with Gasteiger partial charge in [-0.1, -0.05) is 42.1 Å². The number of hydrogen-bond acceptors (Lipinski definition) is 9.